The molecule has 2 aliphatic rings. The molecule has 296 valence electrons. The number of unbranched alkanes of at least 4 members (excludes halogenated alkanes) is 5. The first kappa shape index (κ1) is 41.8. The third kappa shape index (κ3) is 9.97. The Morgan fingerprint density at radius 1 is 0.566 bits per heavy atom. The summed E-state index contributed by atoms with van der Waals surface area (Å²) in [7, 11) is 0. The SMILES string of the molecule is CCCCOc1c(O)cc2c(c1O)-c1c(cc(O)c(OCCCC)c1O)C(=O)O[C@@H]1C(OC2=O)O[C@@H](OCCCC)[C@@H](OCCCC)C1OCCCC. The van der Waals surface area contributed by atoms with Crippen LogP contribution < -0.4 is 9.47 Å². The molecule has 14 heteroatoms. The van der Waals surface area contributed by atoms with E-state index in [2.05, 4.69) is 0 Å². The van der Waals surface area contributed by atoms with Crippen molar-refractivity contribution in [2.24, 2.45) is 0 Å². The van der Waals surface area contributed by atoms with Gasteiger partial charge in [-0.2, -0.15) is 0 Å². The van der Waals surface area contributed by atoms with E-state index < -0.39 is 99.6 Å². The van der Waals surface area contributed by atoms with Gasteiger partial charge in [-0.15, -0.1) is 0 Å². The van der Waals surface area contributed by atoms with Crippen molar-refractivity contribution in [3.63, 3.8) is 0 Å². The zero-order valence-electron chi connectivity index (χ0n) is 31.5. The second-order valence-electron chi connectivity index (χ2n) is 13.1. The Morgan fingerprint density at radius 2 is 0.981 bits per heavy atom. The fraction of sp³-hybridized carbons (Fsp3) is 0.641. The van der Waals surface area contributed by atoms with Gasteiger partial charge in [-0.05, 0) is 44.2 Å². The Morgan fingerprint density at radius 3 is 1.45 bits per heavy atom. The molecular formula is C39H56O14. The number of fused-ring (bicyclic) bond motifs is 4. The van der Waals surface area contributed by atoms with E-state index in [-0.39, 0.29) is 19.8 Å². The number of phenols is 4. The number of carbonyl (C=O) groups excluding carboxylic acids is 2. The highest BCUT2D eigenvalue weighted by molar-refractivity contribution is 6.08. The predicted molar refractivity (Wildman–Crippen MR) is 193 cm³/mol. The van der Waals surface area contributed by atoms with Crippen molar-refractivity contribution in [2.45, 2.75) is 130 Å². The van der Waals surface area contributed by atoms with Gasteiger partial charge in [-0.3, -0.25) is 0 Å². The van der Waals surface area contributed by atoms with E-state index >= 15 is 0 Å². The van der Waals surface area contributed by atoms with Crippen LogP contribution in [0.15, 0.2) is 12.1 Å². The molecule has 53 heavy (non-hydrogen) atoms. The number of hydrogen-bond acceptors (Lipinski definition) is 14. The van der Waals surface area contributed by atoms with E-state index in [1.54, 1.807) is 0 Å². The molecule has 2 unspecified atom stereocenters. The van der Waals surface area contributed by atoms with E-state index in [0.29, 0.717) is 45.3 Å². The number of hydrogen-bond donors (Lipinski definition) is 4. The van der Waals surface area contributed by atoms with Crippen molar-refractivity contribution < 1.29 is 67.9 Å². The second-order valence-corrected chi connectivity index (χ2v) is 13.1. The molecule has 0 amide bonds. The van der Waals surface area contributed by atoms with Crippen molar-refractivity contribution in [1.82, 2.24) is 0 Å². The summed E-state index contributed by atoms with van der Waals surface area (Å²) >= 11 is 0. The lowest BCUT2D eigenvalue weighted by atomic mass is 9.91. The monoisotopic (exact) mass is 748 g/mol. The molecule has 0 spiro atoms. The predicted octanol–water partition coefficient (Wildman–Crippen LogP) is 7.10. The van der Waals surface area contributed by atoms with Crippen LogP contribution >= 0.6 is 0 Å². The first-order valence-electron chi connectivity index (χ1n) is 19.0. The number of ether oxygens (including phenoxy) is 8. The molecule has 2 aromatic carbocycles. The number of carbonyl (C=O) groups is 2. The molecule has 1 saturated heterocycles. The molecule has 4 N–H and O–H groups in total. The van der Waals surface area contributed by atoms with Crippen LogP contribution in [0.2, 0.25) is 0 Å². The molecule has 4 rings (SSSR count). The molecule has 14 nitrogen and oxygen atoms in total. The van der Waals surface area contributed by atoms with Gasteiger partial charge in [0, 0.05) is 30.9 Å². The van der Waals surface area contributed by atoms with Gasteiger partial charge in [0.25, 0.3) is 0 Å². The second kappa shape index (κ2) is 20.5. The summed E-state index contributed by atoms with van der Waals surface area (Å²) in [5.41, 5.74) is -1.73. The Kier molecular flexibility index (Phi) is 16.1. The van der Waals surface area contributed by atoms with Gasteiger partial charge in [0.15, 0.2) is 35.4 Å². The lowest BCUT2D eigenvalue weighted by Crippen LogP contribution is -2.62. The number of esters is 2. The Bertz CT molecular complexity index is 1510. The van der Waals surface area contributed by atoms with Crippen molar-refractivity contribution >= 4 is 11.9 Å². The van der Waals surface area contributed by atoms with Crippen LogP contribution in [0.25, 0.3) is 11.1 Å². The topological polar surface area (TPSA) is 189 Å². The van der Waals surface area contributed by atoms with Crippen molar-refractivity contribution in [1.29, 1.82) is 0 Å². The Labute approximate surface area is 311 Å². The molecule has 5 atom stereocenters. The maximum atomic E-state index is 14.4. The van der Waals surface area contributed by atoms with Crippen LogP contribution in [0, 0.1) is 0 Å². The number of aromatic hydroxyl groups is 4. The highest BCUT2D eigenvalue weighted by Crippen LogP contribution is 2.54. The molecular weight excluding hydrogens is 692 g/mol. The fourth-order valence-corrected chi connectivity index (χ4v) is 5.95. The van der Waals surface area contributed by atoms with Crippen LogP contribution in [-0.2, 0) is 28.4 Å². The van der Waals surface area contributed by atoms with E-state index in [4.69, 9.17) is 37.9 Å². The van der Waals surface area contributed by atoms with Gasteiger partial charge in [0.1, 0.15) is 12.2 Å². The average molecular weight is 749 g/mol. The molecule has 0 radical (unpaired) electrons. The third-order valence-corrected chi connectivity index (χ3v) is 8.96. The lowest BCUT2D eigenvalue weighted by Gasteiger charge is -2.45. The van der Waals surface area contributed by atoms with E-state index in [0.717, 1.165) is 44.2 Å². The standard InChI is InChI=1S/C39H56O14/c1-6-11-16-46-31-25(40)21-23-27(29(31)42)28-24(22-26(41)32(30(28)43)47-17-12-7-2)37(45)52-39-35(51-36(23)44)33(48-18-13-8-3)34(49-19-14-9-4)38(53-39)50-20-15-10-5/h21-22,33-35,38-43H,6-20H2,1-5H3/t33?,34-,35-,38+,39?/m0/s1. The number of phenolic OH excluding ortho intramolecular Hbond substituents is 4. The van der Waals surface area contributed by atoms with Gasteiger partial charge in [0.2, 0.25) is 17.8 Å². The van der Waals surface area contributed by atoms with Crippen LogP contribution in [0.1, 0.15) is 120 Å². The molecule has 0 bridgehead atoms. The van der Waals surface area contributed by atoms with Gasteiger partial charge in [-0.1, -0.05) is 66.7 Å². The van der Waals surface area contributed by atoms with Crippen LogP contribution in [-0.4, -0.2) is 96.3 Å². The van der Waals surface area contributed by atoms with Gasteiger partial charge < -0.3 is 58.3 Å². The summed E-state index contributed by atoms with van der Waals surface area (Å²) in [5.74, 6) is -5.71. The summed E-state index contributed by atoms with van der Waals surface area (Å²) in [6.45, 7) is 10.9. The molecule has 2 aromatic rings. The van der Waals surface area contributed by atoms with Gasteiger partial charge >= 0.3 is 11.9 Å². The van der Waals surface area contributed by atoms with E-state index in [9.17, 15) is 30.0 Å². The molecule has 2 aliphatic heterocycles. The molecule has 1 fully saturated rings. The lowest BCUT2D eigenvalue weighted by molar-refractivity contribution is -0.348. The summed E-state index contributed by atoms with van der Waals surface area (Å²) in [4.78, 5) is 28.6. The van der Waals surface area contributed by atoms with Crippen LogP contribution in [0.4, 0.5) is 0 Å². The summed E-state index contributed by atoms with van der Waals surface area (Å²) in [6, 6.07) is 2.04. The molecule has 0 aliphatic carbocycles. The molecule has 0 aromatic heterocycles. The van der Waals surface area contributed by atoms with E-state index in [1.807, 2.05) is 34.6 Å². The first-order chi connectivity index (χ1) is 25.6. The van der Waals surface area contributed by atoms with Crippen molar-refractivity contribution in [3.8, 4) is 45.6 Å². The van der Waals surface area contributed by atoms with E-state index in [1.165, 1.54) is 0 Å². The summed E-state index contributed by atoms with van der Waals surface area (Å²) in [5, 5.41) is 45.6. The smallest absolute Gasteiger partial charge is 0.341 e. The maximum absolute atomic E-state index is 14.4. The summed E-state index contributed by atoms with van der Waals surface area (Å²) in [6.07, 6.45) is 1.06. The first-order valence-corrected chi connectivity index (χ1v) is 19.0. The minimum Gasteiger partial charge on any atom is -0.504 e. The summed E-state index contributed by atoms with van der Waals surface area (Å²) < 4.78 is 48.4. The number of benzene rings is 2. The molecule has 2 heterocycles. The largest absolute Gasteiger partial charge is 0.504 e. The van der Waals surface area contributed by atoms with Crippen LogP contribution in [0.5, 0.6) is 34.5 Å². The van der Waals surface area contributed by atoms with Crippen molar-refractivity contribution in [2.75, 3.05) is 33.0 Å². The minimum atomic E-state index is -1.62. The Balaban J connectivity index is 1.95. The van der Waals surface area contributed by atoms with Gasteiger partial charge in [-0.25, -0.2) is 9.59 Å². The fourth-order valence-electron chi connectivity index (χ4n) is 5.95. The minimum absolute atomic E-state index is 0.0978. The normalized spacial score (nSPS) is 21.2. The third-order valence-electron chi connectivity index (χ3n) is 8.96. The molecule has 0 saturated carbocycles. The highest BCUT2D eigenvalue weighted by Gasteiger charge is 2.53. The van der Waals surface area contributed by atoms with Crippen LogP contribution in [0.3, 0.4) is 0 Å². The number of rotatable bonds is 20. The zero-order valence-corrected chi connectivity index (χ0v) is 31.5. The quantitative estimate of drug-likeness (QED) is 0.0793. The highest BCUT2D eigenvalue weighted by atomic mass is 16.8. The van der Waals surface area contributed by atoms with Gasteiger partial charge in [0.05, 0.1) is 24.3 Å². The maximum Gasteiger partial charge on any atom is 0.341 e. The Hall–Kier alpha value is -3.98. The average Bonchev–Trinajstić information content (AvgIpc) is 3.13. The van der Waals surface area contributed by atoms with Crippen molar-refractivity contribution in [3.05, 3.63) is 23.3 Å². The zero-order chi connectivity index (χ0) is 38.5.